The van der Waals surface area contributed by atoms with Gasteiger partial charge in [-0.2, -0.15) is 4.31 Å². The van der Waals surface area contributed by atoms with Crippen molar-refractivity contribution in [2.45, 2.75) is 56.3 Å². The molecule has 134 valence electrons. The van der Waals surface area contributed by atoms with Crippen molar-refractivity contribution in [2.24, 2.45) is 0 Å². The zero-order valence-electron chi connectivity index (χ0n) is 14.6. The van der Waals surface area contributed by atoms with Crippen LogP contribution in [0.25, 0.3) is 0 Å². The van der Waals surface area contributed by atoms with Crippen LogP contribution >= 0.6 is 11.3 Å². The van der Waals surface area contributed by atoms with E-state index in [2.05, 4.69) is 10.2 Å². The second kappa shape index (κ2) is 6.45. The quantitative estimate of drug-likeness (QED) is 0.817. The van der Waals surface area contributed by atoms with Crippen LogP contribution in [0.1, 0.15) is 58.7 Å². The third-order valence-corrected chi connectivity index (χ3v) is 8.45. The molecule has 7 heteroatoms. The van der Waals surface area contributed by atoms with Crippen molar-refractivity contribution in [1.82, 2.24) is 14.5 Å². The largest absolute Gasteiger partial charge is 0.243 e. The summed E-state index contributed by atoms with van der Waals surface area (Å²) >= 11 is 1.73. The van der Waals surface area contributed by atoms with Gasteiger partial charge in [0, 0.05) is 24.9 Å². The number of hydrogen-bond acceptors (Lipinski definition) is 5. The maximum Gasteiger partial charge on any atom is 0.243 e. The predicted molar refractivity (Wildman–Crippen MR) is 98.5 cm³/mol. The molecule has 2 aliphatic rings. The minimum Gasteiger partial charge on any atom is -0.207 e. The van der Waals surface area contributed by atoms with Gasteiger partial charge in [-0.25, -0.2) is 8.42 Å². The van der Waals surface area contributed by atoms with Gasteiger partial charge in [0.05, 0.1) is 4.90 Å². The summed E-state index contributed by atoms with van der Waals surface area (Å²) in [5.41, 5.74) is 2.12. The molecule has 5 nitrogen and oxygen atoms in total. The van der Waals surface area contributed by atoms with Crippen LogP contribution in [0, 0.1) is 13.8 Å². The first-order valence-electron chi connectivity index (χ1n) is 8.86. The molecule has 1 aromatic carbocycles. The number of sulfonamides is 1. The highest BCUT2D eigenvalue weighted by atomic mass is 32.2. The number of hydrogen-bond donors (Lipinski definition) is 0. The third kappa shape index (κ3) is 3.37. The van der Waals surface area contributed by atoms with E-state index in [9.17, 15) is 8.42 Å². The minimum absolute atomic E-state index is 0.344. The Kier molecular flexibility index (Phi) is 4.42. The zero-order valence-corrected chi connectivity index (χ0v) is 16.2. The van der Waals surface area contributed by atoms with Crippen LogP contribution < -0.4 is 0 Å². The van der Waals surface area contributed by atoms with Crippen LogP contribution in [0.15, 0.2) is 23.1 Å². The fourth-order valence-corrected chi connectivity index (χ4v) is 6.01. The normalized spacial score (nSPS) is 20.1. The summed E-state index contributed by atoms with van der Waals surface area (Å²) < 4.78 is 27.4. The molecule has 25 heavy (non-hydrogen) atoms. The highest BCUT2D eigenvalue weighted by molar-refractivity contribution is 7.89. The number of aromatic nitrogens is 2. The molecule has 1 aromatic heterocycles. The second-order valence-corrected chi connectivity index (χ2v) is 10.2. The number of rotatable bonds is 4. The summed E-state index contributed by atoms with van der Waals surface area (Å²) in [7, 11) is -3.40. The van der Waals surface area contributed by atoms with Gasteiger partial charge in [-0.3, -0.25) is 0 Å². The molecule has 0 N–H and O–H groups in total. The van der Waals surface area contributed by atoms with E-state index >= 15 is 0 Å². The summed E-state index contributed by atoms with van der Waals surface area (Å²) in [5.74, 6) is 0.979. The third-order valence-electron chi connectivity index (χ3n) is 5.30. The summed E-state index contributed by atoms with van der Waals surface area (Å²) in [6.07, 6.45) is 4.12. The average molecular weight is 378 g/mol. The van der Waals surface area contributed by atoms with E-state index in [1.807, 2.05) is 19.9 Å². The molecule has 2 heterocycles. The Bertz CT molecular complexity index is 879. The SMILES string of the molecule is Cc1ccc(S(=O)(=O)N2CCC(c3nnc(C4CC4)s3)CC2)cc1C. The van der Waals surface area contributed by atoms with E-state index < -0.39 is 10.0 Å². The number of piperidine rings is 1. The topological polar surface area (TPSA) is 63.2 Å². The van der Waals surface area contributed by atoms with Crippen molar-refractivity contribution in [3.8, 4) is 0 Å². The lowest BCUT2D eigenvalue weighted by molar-refractivity contribution is 0.318. The molecule has 1 aliphatic carbocycles. The number of benzene rings is 1. The van der Waals surface area contributed by atoms with Gasteiger partial charge in [0.2, 0.25) is 10.0 Å². The fraction of sp³-hybridized carbons (Fsp3) is 0.556. The maximum atomic E-state index is 12.9. The van der Waals surface area contributed by atoms with E-state index in [4.69, 9.17) is 0 Å². The van der Waals surface area contributed by atoms with Gasteiger partial charge in [0.15, 0.2) is 0 Å². The van der Waals surface area contributed by atoms with Crippen LogP contribution in [0.3, 0.4) is 0 Å². The van der Waals surface area contributed by atoms with Crippen molar-refractivity contribution in [2.75, 3.05) is 13.1 Å². The van der Waals surface area contributed by atoms with Crippen LogP contribution in [0.5, 0.6) is 0 Å². The first-order chi connectivity index (χ1) is 11.9. The zero-order chi connectivity index (χ0) is 17.6. The molecule has 0 spiro atoms. The lowest BCUT2D eigenvalue weighted by Crippen LogP contribution is -2.37. The van der Waals surface area contributed by atoms with Crippen molar-refractivity contribution in [1.29, 1.82) is 0 Å². The fourth-order valence-electron chi connectivity index (χ4n) is 3.27. The van der Waals surface area contributed by atoms with Crippen molar-refractivity contribution >= 4 is 21.4 Å². The molecule has 0 amide bonds. The summed E-state index contributed by atoms with van der Waals surface area (Å²) in [6, 6.07) is 5.38. The predicted octanol–water partition coefficient (Wildman–Crippen LogP) is 3.60. The molecule has 4 rings (SSSR count). The van der Waals surface area contributed by atoms with Gasteiger partial charge < -0.3 is 0 Å². The Balaban J connectivity index is 1.45. The van der Waals surface area contributed by atoms with Crippen molar-refractivity contribution < 1.29 is 8.42 Å². The Morgan fingerprint density at radius 3 is 2.12 bits per heavy atom. The molecule has 1 saturated carbocycles. The highest BCUT2D eigenvalue weighted by Gasteiger charge is 2.33. The Hall–Kier alpha value is -1.31. The molecule has 0 unspecified atom stereocenters. The van der Waals surface area contributed by atoms with Crippen molar-refractivity contribution in [3.63, 3.8) is 0 Å². The van der Waals surface area contributed by atoms with E-state index in [-0.39, 0.29) is 0 Å². The van der Waals surface area contributed by atoms with Crippen LogP contribution in [-0.2, 0) is 10.0 Å². The summed E-state index contributed by atoms with van der Waals surface area (Å²) in [5, 5.41) is 10.9. The number of nitrogens with zero attached hydrogens (tertiary/aromatic N) is 3. The van der Waals surface area contributed by atoms with E-state index in [1.54, 1.807) is 27.8 Å². The van der Waals surface area contributed by atoms with Gasteiger partial charge in [-0.1, -0.05) is 6.07 Å². The molecule has 0 atom stereocenters. The average Bonchev–Trinajstić information content (AvgIpc) is 3.34. The summed E-state index contributed by atoms with van der Waals surface area (Å²) in [4.78, 5) is 0.404. The van der Waals surface area contributed by atoms with Gasteiger partial charge in [0.25, 0.3) is 0 Å². The maximum absolute atomic E-state index is 12.9. The van der Waals surface area contributed by atoms with E-state index in [0.29, 0.717) is 29.8 Å². The Labute approximate surface area is 153 Å². The van der Waals surface area contributed by atoms with Crippen molar-refractivity contribution in [3.05, 3.63) is 39.3 Å². The number of aryl methyl sites for hydroxylation is 2. The van der Waals surface area contributed by atoms with Gasteiger partial charge in [0.1, 0.15) is 10.0 Å². The molecule has 2 aromatic rings. The molecule has 0 radical (unpaired) electrons. The molecular formula is C18H23N3O2S2. The molecule has 2 fully saturated rings. The Morgan fingerprint density at radius 1 is 0.960 bits per heavy atom. The monoisotopic (exact) mass is 377 g/mol. The lowest BCUT2D eigenvalue weighted by Gasteiger charge is -2.30. The highest BCUT2D eigenvalue weighted by Crippen LogP contribution is 2.43. The molecule has 1 aliphatic heterocycles. The standard InChI is InChI=1S/C18H23N3O2S2/c1-12-3-6-16(11-13(12)2)25(22,23)21-9-7-15(8-10-21)18-20-19-17(24-18)14-4-5-14/h3,6,11,14-15H,4-5,7-10H2,1-2H3. The van der Waals surface area contributed by atoms with Crippen LogP contribution in [0.4, 0.5) is 0 Å². The molecule has 1 saturated heterocycles. The van der Waals surface area contributed by atoms with Gasteiger partial charge in [-0.15, -0.1) is 21.5 Å². The smallest absolute Gasteiger partial charge is 0.207 e. The summed E-state index contributed by atoms with van der Waals surface area (Å²) in [6.45, 7) is 5.05. The van der Waals surface area contributed by atoms with Gasteiger partial charge in [-0.05, 0) is 62.8 Å². The molecular weight excluding hydrogens is 354 g/mol. The van der Waals surface area contributed by atoms with E-state index in [1.165, 1.54) is 17.8 Å². The Morgan fingerprint density at radius 2 is 1.56 bits per heavy atom. The van der Waals surface area contributed by atoms with Crippen LogP contribution in [0.2, 0.25) is 0 Å². The van der Waals surface area contributed by atoms with E-state index in [0.717, 1.165) is 29.0 Å². The van der Waals surface area contributed by atoms with Crippen LogP contribution in [-0.4, -0.2) is 36.0 Å². The second-order valence-electron chi connectivity index (χ2n) is 7.18. The first-order valence-corrected chi connectivity index (χ1v) is 11.1. The minimum atomic E-state index is -3.40. The molecule has 0 bridgehead atoms. The lowest BCUT2D eigenvalue weighted by atomic mass is 9.99. The van der Waals surface area contributed by atoms with Gasteiger partial charge >= 0.3 is 0 Å². The first kappa shape index (κ1) is 17.1.